The largest absolute Gasteiger partial charge is 0.433 e. The first-order chi connectivity index (χ1) is 15.3. The highest BCUT2D eigenvalue weighted by molar-refractivity contribution is 5.98. The number of amides is 2. The van der Waals surface area contributed by atoms with Crippen LogP contribution in [0.15, 0.2) is 18.2 Å². The van der Waals surface area contributed by atoms with Gasteiger partial charge in [0.1, 0.15) is 12.6 Å². The molecule has 8 nitrogen and oxygen atoms in total. The van der Waals surface area contributed by atoms with Crippen molar-refractivity contribution in [3.8, 4) is 5.75 Å². The molecule has 0 aromatic heterocycles. The third kappa shape index (κ3) is 5.93. The molecular formula is C22H32F2N4O4. The van der Waals surface area contributed by atoms with Gasteiger partial charge in [-0.2, -0.15) is 8.78 Å². The van der Waals surface area contributed by atoms with Crippen molar-refractivity contribution in [3.05, 3.63) is 18.2 Å². The molecule has 32 heavy (non-hydrogen) atoms. The van der Waals surface area contributed by atoms with Gasteiger partial charge in [0.15, 0.2) is 5.75 Å². The van der Waals surface area contributed by atoms with Crippen molar-refractivity contribution in [1.82, 2.24) is 4.90 Å². The number of benzene rings is 1. The SMILES string of the molecule is CC(C)CN(C1CCC1)[C@H](CN)C(=O)Nc1ccc(N2CCOCC2=O)c(OC(F)F)c1. The van der Waals surface area contributed by atoms with E-state index in [0.29, 0.717) is 24.3 Å². The molecular weight excluding hydrogens is 422 g/mol. The van der Waals surface area contributed by atoms with Crippen molar-refractivity contribution in [1.29, 1.82) is 0 Å². The van der Waals surface area contributed by atoms with Gasteiger partial charge in [-0.25, -0.2) is 0 Å². The summed E-state index contributed by atoms with van der Waals surface area (Å²) in [5.74, 6) is -0.456. The third-order valence-electron chi connectivity index (χ3n) is 5.77. The monoisotopic (exact) mass is 454 g/mol. The number of ether oxygens (including phenoxy) is 2. The van der Waals surface area contributed by atoms with Crippen molar-refractivity contribution in [3.63, 3.8) is 0 Å². The predicted octanol–water partition coefficient (Wildman–Crippen LogP) is 2.43. The number of morpholine rings is 1. The summed E-state index contributed by atoms with van der Waals surface area (Å²) in [6, 6.07) is 4.17. The Bertz CT molecular complexity index is 804. The lowest BCUT2D eigenvalue weighted by atomic mass is 9.89. The minimum Gasteiger partial charge on any atom is -0.433 e. The van der Waals surface area contributed by atoms with E-state index in [4.69, 9.17) is 10.5 Å². The second-order valence-corrected chi connectivity index (χ2v) is 8.58. The summed E-state index contributed by atoms with van der Waals surface area (Å²) < 4.78 is 35.9. The van der Waals surface area contributed by atoms with E-state index < -0.39 is 12.7 Å². The molecule has 0 spiro atoms. The number of halogens is 2. The summed E-state index contributed by atoms with van der Waals surface area (Å²) in [4.78, 5) is 28.7. The van der Waals surface area contributed by atoms with Crippen LogP contribution in [0.25, 0.3) is 0 Å². The fraction of sp³-hybridized carbons (Fsp3) is 0.636. The smallest absolute Gasteiger partial charge is 0.387 e. The van der Waals surface area contributed by atoms with Crippen molar-refractivity contribution < 1.29 is 27.8 Å². The van der Waals surface area contributed by atoms with Crippen molar-refractivity contribution in [2.75, 3.05) is 43.1 Å². The average Bonchev–Trinajstić information content (AvgIpc) is 2.67. The zero-order valence-corrected chi connectivity index (χ0v) is 18.6. The molecule has 1 atom stereocenters. The Balaban J connectivity index is 1.80. The number of rotatable bonds is 10. The Hall–Kier alpha value is -2.30. The lowest BCUT2D eigenvalue weighted by molar-refractivity contribution is -0.126. The van der Waals surface area contributed by atoms with E-state index in [1.807, 2.05) is 0 Å². The second-order valence-electron chi connectivity index (χ2n) is 8.58. The minimum atomic E-state index is -3.08. The van der Waals surface area contributed by atoms with Crippen LogP contribution in [0.3, 0.4) is 0 Å². The lowest BCUT2D eigenvalue weighted by Crippen LogP contribution is -2.55. The highest BCUT2D eigenvalue weighted by Crippen LogP contribution is 2.34. The van der Waals surface area contributed by atoms with Crippen LogP contribution in [0.1, 0.15) is 33.1 Å². The molecule has 1 aliphatic carbocycles. The molecule has 3 rings (SSSR count). The maximum Gasteiger partial charge on any atom is 0.387 e. The van der Waals surface area contributed by atoms with E-state index in [1.165, 1.54) is 17.0 Å². The van der Waals surface area contributed by atoms with Crippen LogP contribution in [0.2, 0.25) is 0 Å². The van der Waals surface area contributed by atoms with Gasteiger partial charge in [0.2, 0.25) is 5.91 Å². The summed E-state index contributed by atoms with van der Waals surface area (Å²) in [7, 11) is 0. The normalized spacial score (nSPS) is 18.2. The maximum absolute atomic E-state index is 13.1. The Morgan fingerprint density at radius 2 is 2.12 bits per heavy atom. The first-order valence-corrected chi connectivity index (χ1v) is 11.0. The number of nitrogens with zero attached hydrogens (tertiary/aromatic N) is 2. The van der Waals surface area contributed by atoms with Crippen LogP contribution >= 0.6 is 0 Å². The number of alkyl halides is 2. The number of carbonyl (C=O) groups is 2. The highest BCUT2D eigenvalue weighted by atomic mass is 19.3. The van der Waals surface area contributed by atoms with Crippen LogP contribution in [-0.4, -0.2) is 68.3 Å². The van der Waals surface area contributed by atoms with Crippen LogP contribution in [0.4, 0.5) is 20.2 Å². The third-order valence-corrected chi connectivity index (χ3v) is 5.77. The van der Waals surface area contributed by atoms with E-state index in [0.717, 1.165) is 25.8 Å². The summed E-state index contributed by atoms with van der Waals surface area (Å²) in [6.45, 7) is 2.40. The van der Waals surface area contributed by atoms with Crippen LogP contribution in [-0.2, 0) is 14.3 Å². The lowest BCUT2D eigenvalue weighted by Gasteiger charge is -2.42. The first-order valence-electron chi connectivity index (χ1n) is 11.0. The van der Waals surface area contributed by atoms with E-state index in [2.05, 4.69) is 28.8 Å². The Labute approximate surface area is 187 Å². The fourth-order valence-electron chi connectivity index (χ4n) is 4.07. The summed E-state index contributed by atoms with van der Waals surface area (Å²) in [6.07, 6.45) is 3.20. The summed E-state index contributed by atoms with van der Waals surface area (Å²) in [5, 5.41) is 2.79. The summed E-state index contributed by atoms with van der Waals surface area (Å²) in [5.41, 5.74) is 6.48. The number of carbonyl (C=O) groups excluding carboxylic acids is 2. The van der Waals surface area contributed by atoms with Gasteiger partial charge in [0.05, 0.1) is 12.3 Å². The molecule has 1 saturated heterocycles. The van der Waals surface area contributed by atoms with Crippen molar-refractivity contribution in [2.45, 2.75) is 51.8 Å². The van der Waals surface area contributed by atoms with Gasteiger partial charge < -0.3 is 25.4 Å². The molecule has 2 aliphatic rings. The molecule has 2 amide bonds. The molecule has 0 unspecified atom stereocenters. The molecule has 1 aromatic rings. The van der Waals surface area contributed by atoms with Crippen LogP contribution in [0.5, 0.6) is 5.75 Å². The van der Waals surface area contributed by atoms with E-state index >= 15 is 0 Å². The van der Waals surface area contributed by atoms with Gasteiger partial charge in [-0.15, -0.1) is 0 Å². The molecule has 0 bridgehead atoms. The topological polar surface area (TPSA) is 97.1 Å². The van der Waals surface area contributed by atoms with Gasteiger partial charge in [-0.05, 0) is 30.9 Å². The average molecular weight is 455 g/mol. The quantitative estimate of drug-likeness (QED) is 0.564. The Kier molecular flexibility index (Phi) is 8.38. The summed E-state index contributed by atoms with van der Waals surface area (Å²) >= 11 is 0. The number of nitrogens with one attached hydrogen (secondary N) is 1. The number of hydrogen-bond acceptors (Lipinski definition) is 6. The molecule has 178 valence electrons. The molecule has 1 aromatic carbocycles. The van der Waals surface area contributed by atoms with Gasteiger partial charge >= 0.3 is 6.61 Å². The maximum atomic E-state index is 13.1. The van der Waals surface area contributed by atoms with Gasteiger partial charge in [-0.1, -0.05) is 20.3 Å². The van der Waals surface area contributed by atoms with Gasteiger partial charge in [0, 0.05) is 37.4 Å². The van der Waals surface area contributed by atoms with Crippen molar-refractivity contribution in [2.24, 2.45) is 11.7 Å². The fourth-order valence-corrected chi connectivity index (χ4v) is 4.07. The van der Waals surface area contributed by atoms with Crippen LogP contribution < -0.4 is 20.7 Å². The first kappa shape index (κ1) is 24.3. The van der Waals surface area contributed by atoms with E-state index in [9.17, 15) is 18.4 Å². The molecule has 1 heterocycles. The number of anilines is 2. The Morgan fingerprint density at radius 3 is 2.69 bits per heavy atom. The van der Waals surface area contributed by atoms with Crippen LogP contribution in [0, 0.1) is 5.92 Å². The molecule has 0 radical (unpaired) electrons. The number of nitrogens with two attached hydrogens (primary N) is 1. The molecule has 10 heteroatoms. The molecule has 1 saturated carbocycles. The zero-order valence-electron chi connectivity index (χ0n) is 18.6. The highest BCUT2D eigenvalue weighted by Gasteiger charge is 2.34. The van der Waals surface area contributed by atoms with E-state index in [1.54, 1.807) is 6.07 Å². The number of hydrogen-bond donors (Lipinski definition) is 2. The molecule has 2 fully saturated rings. The van der Waals surface area contributed by atoms with Gasteiger partial charge in [-0.3, -0.25) is 14.5 Å². The second kappa shape index (κ2) is 11.0. The van der Waals surface area contributed by atoms with Gasteiger partial charge in [0.25, 0.3) is 5.91 Å². The minimum absolute atomic E-state index is 0.127. The van der Waals surface area contributed by atoms with E-state index in [-0.39, 0.29) is 42.9 Å². The molecule has 3 N–H and O–H groups in total. The zero-order chi connectivity index (χ0) is 23.3. The molecule has 1 aliphatic heterocycles. The van der Waals surface area contributed by atoms with Crippen molar-refractivity contribution >= 4 is 23.2 Å². The Morgan fingerprint density at radius 1 is 1.38 bits per heavy atom. The predicted molar refractivity (Wildman–Crippen MR) is 117 cm³/mol. The standard InChI is InChI=1S/C22H32F2N4O4/c1-14(2)12-28(16-4-3-5-16)18(11-25)21(30)26-15-6-7-17(19(10-15)32-22(23)24)27-8-9-31-13-20(27)29/h6-7,10,14,16,18,22H,3-5,8-9,11-13,25H2,1-2H3,(H,26,30)/t18-/m1/s1.